The van der Waals surface area contributed by atoms with Gasteiger partial charge >= 0.3 is 0 Å². The number of rotatable bonds is 3. The molecule has 0 aliphatic carbocycles. The van der Waals surface area contributed by atoms with Crippen LogP contribution < -0.4 is 5.73 Å². The summed E-state index contributed by atoms with van der Waals surface area (Å²) in [5.41, 5.74) is 7.82. The number of aromatic nitrogens is 1. The minimum absolute atomic E-state index is 0.405. The van der Waals surface area contributed by atoms with Crippen molar-refractivity contribution in [1.29, 1.82) is 0 Å². The number of nitrogens with two attached hydrogens (primary N) is 1. The summed E-state index contributed by atoms with van der Waals surface area (Å²) in [5.74, 6) is 0.772. The summed E-state index contributed by atoms with van der Waals surface area (Å²) in [6.07, 6.45) is 2.56. The second kappa shape index (κ2) is 4.07. The summed E-state index contributed by atoms with van der Waals surface area (Å²) < 4.78 is 5.01. The van der Waals surface area contributed by atoms with Crippen LogP contribution in [0, 0.1) is 0 Å². The normalized spacial score (nSPS) is 10.4. The average Bonchev–Trinajstić information content (AvgIpc) is 2.67. The molecule has 3 heteroatoms. The van der Waals surface area contributed by atoms with Gasteiger partial charge in [-0.15, -0.1) is 0 Å². The molecule has 1 aromatic carbocycles. The van der Waals surface area contributed by atoms with Gasteiger partial charge in [0, 0.05) is 12.0 Å². The van der Waals surface area contributed by atoms with E-state index in [-0.39, 0.29) is 0 Å². The second-order valence-electron chi connectivity index (χ2n) is 3.14. The van der Waals surface area contributed by atoms with Gasteiger partial charge < -0.3 is 10.3 Å². The number of benzene rings is 1. The number of hydrogen-bond acceptors (Lipinski definition) is 3. The molecule has 0 saturated carbocycles. The molecule has 0 aliphatic rings. The van der Waals surface area contributed by atoms with Crippen molar-refractivity contribution in [2.24, 2.45) is 5.73 Å². The lowest BCUT2D eigenvalue weighted by atomic mass is 10.1. The zero-order valence-corrected chi connectivity index (χ0v) is 7.81. The van der Waals surface area contributed by atoms with Crippen LogP contribution in [0.3, 0.4) is 0 Å². The van der Waals surface area contributed by atoms with Gasteiger partial charge in [0.1, 0.15) is 0 Å². The van der Waals surface area contributed by atoms with Crippen molar-refractivity contribution in [3.05, 3.63) is 53.4 Å². The molecule has 0 bridgehead atoms. The lowest BCUT2D eigenvalue weighted by Gasteiger charge is -1.98. The summed E-state index contributed by atoms with van der Waals surface area (Å²) in [5, 5.41) is 3.73. The second-order valence-corrected chi connectivity index (χ2v) is 3.14. The third kappa shape index (κ3) is 1.83. The molecule has 2 aromatic rings. The zero-order chi connectivity index (χ0) is 9.80. The Hall–Kier alpha value is -1.61. The van der Waals surface area contributed by atoms with Gasteiger partial charge in [0.15, 0.2) is 5.76 Å². The Labute approximate surface area is 82.5 Å². The molecule has 2 rings (SSSR count). The quantitative estimate of drug-likeness (QED) is 0.798. The molecule has 0 radical (unpaired) electrons. The fourth-order valence-corrected chi connectivity index (χ4v) is 1.41. The first-order valence-electron chi connectivity index (χ1n) is 4.56. The molecule has 72 valence electrons. The van der Waals surface area contributed by atoms with E-state index in [1.54, 1.807) is 6.20 Å². The van der Waals surface area contributed by atoms with Crippen LogP contribution >= 0.6 is 0 Å². The Morgan fingerprint density at radius 2 is 2.00 bits per heavy atom. The third-order valence-corrected chi connectivity index (χ3v) is 2.15. The Kier molecular flexibility index (Phi) is 2.60. The van der Waals surface area contributed by atoms with Gasteiger partial charge in [0.2, 0.25) is 0 Å². The summed E-state index contributed by atoms with van der Waals surface area (Å²) in [4.78, 5) is 0. The van der Waals surface area contributed by atoms with E-state index in [9.17, 15) is 0 Å². The van der Waals surface area contributed by atoms with Crippen LogP contribution in [0.5, 0.6) is 0 Å². The highest BCUT2D eigenvalue weighted by Crippen LogP contribution is 2.12. The highest BCUT2D eigenvalue weighted by atomic mass is 16.5. The van der Waals surface area contributed by atoms with E-state index < -0.39 is 0 Å². The molecule has 3 nitrogen and oxygen atoms in total. The average molecular weight is 188 g/mol. The van der Waals surface area contributed by atoms with Gasteiger partial charge in [-0.05, 0) is 5.56 Å². The van der Waals surface area contributed by atoms with E-state index in [0.717, 1.165) is 17.7 Å². The van der Waals surface area contributed by atoms with E-state index in [2.05, 4.69) is 17.3 Å². The molecular weight excluding hydrogens is 176 g/mol. The van der Waals surface area contributed by atoms with E-state index in [1.807, 2.05) is 18.2 Å². The molecule has 0 unspecified atom stereocenters. The molecule has 0 atom stereocenters. The molecule has 1 heterocycles. The monoisotopic (exact) mass is 188 g/mol. The van der Waals surface area contributed by atoms with Crippen LogP contribution in [0.1, 0.15) is 16.9 Å². The molecule has 2 N–H and O–H groups in total. The van der Waals surface area contributed by atoms with Gasteiger partial charge in [-0.1, -0.05) is 35.5 Å². The van der Waals surface area contributed by atoms with Crippen molar-refractivity contribution in [2.75, 3.05) is 0 Å². The number of nitrogens with zero attached hydrogens (tertiary/aromatic N) is 1. The first kappa shape index (κ1) is 8.97. The van der Waals surface area contributed by atoms with E-state index in [0.29, 0.717) is 6.54 Å². The maximum absolute atomic E-state index is 5.51. The molecular formula is C11H12N2O. The summed E-state index contributed by atoms with van der Waals surface area (Å²) >= 11 is 0. The van der Waals surface area contributed by atoms with Gasteiger partial charge in [-0.25, -0.2) is 0 Å². The smallest absolute Gasteiger partial charge is 0.153 e. The highest BCUT2D eigenvalue weighted by Gasteiger charge is 2.06. The van der Waals surface area contributed by atoms with Gasteiger partial charge in [-0.2, -0.15) is 0 Å². The van der Waals surface area contributed by atoms with Crippen LogP contribution in [-0.4, -0.2) is 5.16 Å². The first-order chi connectivity index (χ1) is 6.90. The zero-order valence-electron chi connectivity index (χ0n) is 7.81. The molecule has 0 aliphatic heterocycles. The van der Waals surface area contributed by atoms with Crippen molar-refractivity contribution >= 4 is 0 Å². The van der Waals surface area contributed by atoms with Gasteiger partial charge in [0.05, 0.1) is 12.7 Å². The molecule has 0 spiro atoms. The van der Waals surface area contributed by atoms with Gasteiger partial charge in [-0.3, -0.25) is 0 Å². The van der Waals surface area contributed by atoms with Crippen molar-refractivity contribution in [1.82, 2.24) is 5.16 Å². The van der Waals surface area contributed by atoms with Crippen LogP contribution in [0.25, 0.3) is 0 Å². The van der Waals surface area contributed by atoms with Gasteiger partial charge in [0.25, 0.3) is 0 Å². The van der Waals surface area contributed by atoms with Crippen LogP contribution in [0.15, 0.2) is 41.1 Å². The fourth-order valence-electron chi connectivity index (χ4n) is 1.41. The van der Waals surface area contributed by atoms with Crippen LogP contribution in [-0.2, 0) is 13.0 Å². The highest BCUT2D eigenvalue weighted by molar-refractivity contribution is 5.25. The Morgan fingerprint density at radius 3 is 2.71 bits per heavy atom. The van der Waals surface area contributed by atoms with Crippen LogP contribution in [0.2, 0.25) is 0 Å². The summed E-state index contributed by atoms with van der Waals surface area (Å²) in [6, 6.07) is 10.2. The molecule has 0 amide bonds. The van der Waals surface area contributed by atoms with E-state index in [4.69, 9.17) is 10.3 Å². The van der Waals surface area contributed by atoms with E-state index in [1.165, 1.54) is 5.56 Å². The largest absolute Gasteiger partial charge is 0.360 e. The topological polar surface area (TPSA) is 52.0 Å². The Balaban J connectivity index is 2.19. The summed E-state index contributed by atoms with van der Waals surface area (Å²) in [7, 11) is 0. The summed E-state index contributed by atoms with van der Waals surface area (Å²) in [6.45, 7) is 0.405. The fraction of sp³-hybridized carbons (Fsp3) is 0.182. The Bertz CT molecular complexity index is 395. The van der Waals surface area contributed by atoms with Crippen molar-refractivity contribution in [3.63, 3.8) is 0 Å². The standard InChI is InChI=1S/C11H12N2O/c12-7-11-10(8-13-14-11)6-9-4-2-1-3-5-9/h1-5,8H,6-7,12H2. The van der Waals surface area contributed by atoms with Crippen molar-refractivity contribution in [3.8, 4) is 0 Å². The minimum atomic E-state index is 0.405. The number of hydrogen-bond donors (Lipinski definition) is 1. The molecule has 0 fully saturated rings. The van der Waals surface area contributed by atoms with E-state index >= 15 is 0 Å². The lowest BCUT2D eigenvalue weighted by Crippen LogP contribution is -1.98. The first-order valence-corrected chi connectivity index (χ1v) is 4.56. The SMILES string of the molecule is NCc1oncc1Cc1ccccc1. The minimum Gasteiger partial charge on any atom is -0.360 e. The molecule has 14 heavy (non-hydrogen) atoms. The van der Waals surface area contributed by atoms with Crippen LogP contribution in [0.4, 0.5) is 0 Å². The Morgan fingerprint density at radius 1 is 1.21 bits per heavy atom. The predicted molar refractivity (Wildman–Crippen MR) is 53.6 cm³/mol. The van der Waals surface area contributed by atoms with Crippen molar-refractivity contribution in [2.45, 2.75) is 13.0 Å². The maximum Gasteiger partial charge on any atom is 0.153 e. The molecule has 0 saturated heterocycles. The third-order valence-electron chi connectivity index (χ3n) is 2.15. The van der Waals surface area contributed by atoms with Crippen molar-refractivity contribution < 1.29 is 4.52 Å². The lowest BCUT2D eigenvalue weighted by molar-refractivity contribution is 0.383. The molecule has 1 aromatic heterocycles. The predicted octanol–water partition coefficient (Wildman–Crippen LogP) is 1.72. The maximum atomic E-state index is 5.51.